The Morgan fingerprint density at radius 1 is 0.806 bits per heavy atom. The third-order valence-corrected chi connectivity index (χ3v) is 6.06. The molecule has 8 nitrogen and oxygen atoms in total. The molecular formula is C26H22Cl2N4O4. The minimum atomic E-state index is -0.971. The first kappa shape index (κ1) is 25.1. The van der Waals surface area contributed by atoms with Crippen molar-refractivity contribution in [3.05, 3.63) is 87.5 Å². The molecule has 10 heteroatoms. The average Bonchev–Trinajstić information content (AvgIpc) is 3.19. The summed E-state index contributed by atoms with van der Waals surface area (Å²) in [6.45, 7) is 3.78. The van der Waals surface area contributed by atoms with Gasteiger partial charge in [-0.2, -0.15) is 0 Å². The molecule has 0 saturated heterocycles. The molecule has 4 rings (SSSR count). The highest BCUT2D eigenvalue weighted by Crippen LogP contribution is 2.29. The van der Waals surface area contributed by atoms with E-state index in [0.29, 0.717) is 33.0 Å². The summed E-state index contributed by atoms with van der Waals surface area (Å²) < 4.78 is 6.66. The maximum atomic E-state index is 13.2. The minimum absolute atomic E-state index is 0.0631. The van der Waals surface area contributed by atoms with E-state index in [1.165, 1.54) is 17.9 Å². The molecule has 0 aliphatic heterocycles. The summed E-state index contributed by atoms with van der Waals surface area (Å²) in [4.78, 5) is 38.8. The fourth-order valence-electron chi connectivity index (χ4n) is 3.83. The number of para-hydroxylation sites is 1. The smallest absolute Gasteiger partial charge is 0.328 e. The normalized spacial score (nSPS) is 10.7. The van der Waals surface area contributed by atoms with Crippen molar-refractivity contribution in [2.75, 3.05) is 23.2 Å². The largest absolute Gasteiger partial charge is 0.494 e. The lowest BCUT2D eigenvalue weighted by molar-refractivity contribution is -0.133. The second kappa shape index (κ2) is 10.3. The number of ether oxygens (including phenoxy) is 1. The molecule has 0 fully saturated rings. The molecular weight excluding hydrogens is 503 g/mol. The third kappa shape index (κ3) is 5.30. The van der Waals surface area contributed by atoms with Gasteiger partial charge in [0.05, 0.1) is 17.2 Å². The first-order chi connectivity index (χ1) is 17.2. The second-order valence-corrected chi connectivity index (χ2v) is 8.93. The van der Waals surface area contributed by atoms with Gasteiger partial charge in [-0.05, 0) is 67.4 Å². The van der Waals surface area contributed by atoms with Gasteiger partial charge in [0.15, 0.2) is 0 Å². The first-order valence-corrected chi connectivity index (χ1v) is 11.6. The van der Waals surface area contributed by atoms with Crippen molar-refractivity contribution in [3.63, 3.8) is 0 Å². The fraction of sp³-hybridized carbons (Fsp3) is 0.115. The number of carbonyl (C=O) groups excluding carboxylic acids is 3. The standard InChI is InChI=1S/C26H22Cl2N4O4/c1-14-9-15(2)11-18(10-14)30-25(34)26(35)31-32-21(12-16-5-4-6-22(36-3)23(16)32)24(33)29-17-7-8-19(27)20(28)13-17/h4-13H,1-3H3,(H,29,33)(H,30,34)(H,31,35). The van der Waals surface area contributed by atoms with Gasteiger partial charge in [0.2, 0.25) is 0 Å². The molecule has 184 valence electrons. The van der Waals surface area contributed by atoms with Crippen LogP contribution in [-0.2, 0) is 9.59 Å². The van der Waals surface area contributed by atoms with E-state index >= 15 is 0 Å². The molecule has 36 heavy (non-hydrogen) atoms. The molecule has 0 radical (unpaired) electrons. The van der Waals surface area contributed by atoms with Crippen LogP contribution in [0.2, 0.25) is 10.0 Å². The Labute approximate surface area is 217 Å². The van der Waals surface area contributed by atoms with Crippen LogP contribution in [0.25, 0.3) is 10.9 Å². The molecule has 0 aliphatic carbocycles. The Hall–Kier alpha value is -4.01. The monoisotopic (exact) mass is 524 g/mol. The maximum absolute atomic E-state index is 13.2. The number of amides is 3. The number of nitrogens with one attached hydrogen (secondary N) is 3. The molecule has 1 heterocycles. The number of carbonyl (C=O) groups is 3. The van der Waals surface area contributed by atoms with Crippen LogP contribution in [0.15, 0.2) is 60.7 Å². The van der Waals surface area contributed by atoms with E-state index in [1.807, 2.05) is 19.9 Å². The van der Waals surface area contributed by atoms with Crippen LogP contribution >= 0.6 is 23.2 Å². The van der Waals surface area contributed by atoms with Crippen LogP contribution < -0.4 is 20.8 Å². The SMILES string of the molecule is COc1cccc2cc(C(=O)Nc3ccc(Cl)c(Cl)c3)n(NC(=O)C(=O)Nc3cc(C)cc(C)c3)c12. The van der Waals surface area contributed by atoms with Crippen molar-refractivity contribution in [1.29, 1.82) is 0 Å². The molecule has 0 bridgehead atoms. The topological polar surface area (TPSA) is 101 Å². The van der Waals surface area contributed by atoms with Gasteiger partial charge in [0.25, 0.3) is 5.91 Å². The number of hydrogen-bond acceptors (Lipinski definition) is 4. The van der Waals surface area contributed by atoms with Crippen LogP contribution in [-0.4, -0.2) is 29.5 Å². The molecule has 1 aromatic heterocycles. The number of aryl methyl sites for hydroxylation is 2. The van der Waals surface area contributed by atoms with Gasteiger partial charge < -0.3 is 15.4 Å². The number of rotatable bonds is 5. The summed E-state index contributed by atoms with van der Waals surface area (Å²) >= 11 is 12.0. The van der Waals surface area contributed by atoms with Crippen molar-refractivity contribution in [1.82, 2.24) is 4.68 Å². The summed E-state index contributed by atoms with van der Waals surface area (Å²) in [5.74, 6) is -2.02. The van der Waals surface area contributed by atoms with Gasteiger partial charge in [-0.15, -0.1) is 0 Å². The van der Waals surface area contributed by atoms with Crippen molar-refractivity contribution >= 4 is 63.2 Å². The summed E-state index contributed by atoms with van der Waals surface area (Å²) in [5.41, 5.74) is 5.76. The lowest BCUT2D eigenvalue weighted by Gasteiger charge is -2.14. The average molecular weight is 525 g/mol. The van der Waals surface area contributed by atoms with Crippen LogP contribution in [0.3, 0.4) is 0 Å². The van der Waals surface area contributed by atoms with Crippen LogP contribution in [0.5, 0.6) is 5.75 Å². The van der Waals surface area contributed by atoms with Crippen molar-refractivity contribution in [2.24, 2.45) is 0 Å². The summed E-state index contributed by atoms with van der Waals surface area (Å²) in [6.07, 6.45) is 0. The van der Waals surface area contributed by atoms with E-state index in [9.17, 15) is 14.4 Å². The Balaban J connectivity index is 1.67. The van der Waals surface area contributed by atoms with Crippen molar-refractivity contribution < 1.29 is 19.1 Å². The van der Waals surface area contributed by atoms with E-state index in [0.717, 1.165) is 11.1 Å². The highest BCUT2D eigenvalue weighted by Gasteiger charge is 2.23. The Kier molecular flexibility index (Phi) is 7.19. The van der Waals surface area contributed by atoms with E-state index in [1.54, 1.807) is 48.5 Å². The highest BCUT2D eigenvalue weighted by atomic mass is 35.5. The van der Waals surface area contributed by atoms with E-state index < -0.39 is 17.7 Å². The van der Waals surface area contributed by atoms with E-state index in [4.69, 9.17) is 27.9 Å². The zero-order valence-corrected chi connectivity index (χ0v) is 21.1. The van der Waals surface area contributed by atoms with Gasteiger partial charge in [-0.1, -0.05) is 41.4 Å². The molecule has 3 aromatic carbocycles. The van der Waals surface area contributed by atoms with Crippen molar-refractivity contribution in [3.8, 4) is 5.75 Å². The number of methoxy groups -OCH3 is 1. The fourth-order valence-corrected chi connectivity index (χ4v) is 4.13. The quantitative estimate of drug-likeness (QED) is 0.298. The number of anilines is 2. The van der Waals surface area contributed by atoms with Crippen molar-refractivity contribution in [2.45, 2.75) is 13.8 Å². The first-order valence-electron chi connectivity index (χ1n) is 10.8. The molecule has 0 atom stereocenters. The predicted molar refractivity (Wildman–Crippen MR) is 142 cm³/mol. The number of hydrogen-bond donors (Lipinski definition) is 3. The highest BCUT2D eigenvalue weighted by molar-refractivity contribution is 6.43. The second-order valence-electron chi connectivity index (χ2n) is 8.12. The van der Waals surface area contributed by atoms with Gasteiger partial charge in [0, 0.05) is 16.8 Å². The van der Waals surface area contributed by atoms with Crippen LogP contribution in [0.4, 0.5) is 11.4 Å². The number of halogens is 2. The molecule has 4 aromatic rings. The van der Waals surface area contributed by atoms with Crippen LogP contribution in [0, 0.1) is 13.8 Å². The summed E-state index contributed by atoms with van der Waals surface area (Å²) in [5, 5.41) is 6.54. The zero-order chi connectivity index (χ0) is 26.0. The Morgan fingerprint density at radius 2 is 1.53 bits per heavy atom. The number of benzene rings is 3. The summed E-state index contributed by atoms with van der Waals surface area (Å²) in [6, 6.07) is 16.9. The molecule has 0 aliphatic rings. The predicted octanol–water partition coefficient (Wildman–Crippen LogP) is 5.53. The summed E-state index contributed by atoms with van der Waals surface area (Å²) in [7, 11) is 1.47. The van der Waals surface area contributed by atoms with Gasteiger partial charge >= 0.3 is 11.8 Å². The van der Waals surface area contributed by atoms with Crippen LogP contribution in [0.1, 0.15) is 21.6 Å². The molecule has 0 unspecified atom stereocenters. The maximum Gasteiger partial charge on any atom is 0.328 e. The lowest BCUT2D eigenvalue weighted by atomic mass is 10.1. The van der Waals surface area contributed by atoms with E-state index in [2.05, 4.69) is 16.1 Å². The van der Waals surface area contributed by atoms with E-state index in [-0.39, 0.29) is 10.7 Å². The molecule has 0 spiro atoms. The lowest BCUT2D eigenvalue weighted by Crippen LogP contribution is -2.36. The Morgan fingerprint density at radius 3 is 2.19 bits per heavy atom. The molecule has 3 amide bonds. The van der Waals surface area contributed by atoms with Gasteiger partial charge in [0.1, 0.15) is 17.0 Å². The minimum Gasteiger partial charge on any atom is -0.494 e. The van der Waals surface area contributed by atoms with Gasteiger partial charge in [-0.3, -0.25) is 19.8 Å². The Bertz CT molecular complexity index is 1490. The third-order valence-electron chi connectivity index (χ3n) is 5.32. The molecule has 3 N–H and O–H groups in total. The number of aromatic nitrogens is 1. The van der Waals surface area contributed by atoms with Gasteiger partial charge in [-0.25, -0.2) is 4.68 Å². The number of fused-ring (bicyclic) bond motifs is 1. The molecule has 0 saturated carbocycles. The number of nitrogens with zero attached hydrogens (tertiary/aromatic N) is 1. The zero-order valence-electron chi connectivity index (χ0n) is 19.6.